The molecule has 0 aliphatic rings. The average Bonchev–Trinajstić information content (AvgIpc) is 2.79. The van der Waals surface area contributed by atoms with Gasteiger partial charge in [0.1, 0.15) is 5.69 Å². The van der Waals surface area contributed by atoms with Crippen LogP contribution >= 0.6 is 0 Å². The van der Waals surface area contributed by atoms with Gasteiger partial charge in [0.05, 0.1) is 5.52 Å². The van der Waals surface area contributed by atoms with E-state index in [-0.39, 0.29) is 0 Å². The van der Waals surface area contributed by atoms with Gasteiger partial charge in [-0.2, -0.15) is 0 Å². The lowest BCUT2D eigenvalue weighted by molar-refractivity contribution is 0.0994. The Labute approximate surface area is 110 Å². The smallest absolute Gasteiger partial charge is 0.265 e. The molecule has 0 saturated heterocycles. The molecule has 0 fully saturated rings. The fraction of sp³-hybridized carbons (Fsp3) is 0. The van der Waals surface area contributed by atoms with E-state index in [0.29, 0.717) is 11.4 Å². The minimum Gasteiger partial charge on any atom is -0.399 e. The van der Waals surface area contributed by atoms with Crippen LogP contribution in [0.1, 0.15) is 10.5 Å². The molecule has 4 heteroatoms. The molecular formula is C15H13N3O. The summed E-state index contributed by atoms with van der Waals surface area (Å²) in [5, 5.41) is 0.980. The maximum Gasteiger partial charge on any atom is 0.265 e. The number of anilines is 1. The van der Waals surface area contributed by atoms with Crippen molar-refractivity contribution in [3.63, 3.8) is 0 Å². The first-order valence-corrected chi connectivity index (χ1v) is 5.93. The van der Waals surface area contributed by atoms with Gasteiger partial charge in [0.15, 0.2) is 0 Å². The van der Waals surface area contributed by atoms with Crippen molar-refractivity contribution < 1.29 is 4.79 Å². The number of carbonyl (C=O) groups excluding carboxylic acids is 1. The average molecular weight is 251 g/mol. The molecule has 3 aromatic rings. The van der Waals surface area contributed by atoms with Gasteiger partial charge < -0.3 is 16.0 Å². The monoisotopic (exact) mass is 251 g/mol. The van der Waals surface area contributed by atoms with Crippen LogP contribution in [0.2, 0.25) is 0 Å². The van der Waals surface area contributed by atoms with Crippen molar-refractivity contribution in [2.75, 3.05) is 5.73 Å². The minimum absolute atomic E-state index is 0.451. The highest BCUT2D eigenvalue weighted by Crippen LogP contribution is 2.24. The van der Waals surface area contributed by atoms with Gasteiger partial charge in [-0.3, -0.25) is 4.79 Å². The molecule has 19 heavy (non-hydrogen) atoms. The third kappa shape index (κ3) is 1.83. The zero-order chi connectivity index (χ0) is 13.4. The van der Waals surface area contributed by atoms with Crippen molar-refractivity contribution in [3.05, 3.63) is 60.3 Å². The lowest BCUT2D eigenvalue weighted by atomic mass is 10.2. The highest BCUT2D eigenvalue weighted by Gasteiger charge is 2.13. The molecule has 0 unspecified atom stereocenters. The molecule has 0 aliphatic carbocycles. The van der Waals surface area contributed by atoms with Crippen LogP contribution in [0.15, 0.2) is 54.6 Å². The van der Waals surface area contributed by atoms with E-state index in [0.717, 1.165) is 16.6 Å². The zero-order valence-electron chi connectivity index (χ0n) is 10.2. The summed E-state index contributed by atoms with van der Waals surface area (Å²) >= 11 is 0. The third-order valence-electron chi connectivity index (χ3n) is 3.11. The fourth-order valence-corrected chi connectivity index (χ4v) is 2.24. The van der Waals surface area contributed by atoms with Crippen LogP contribution in [-0.4, -0.2) is 10.5 Å². The Morgan fingerprint density at radius 3 is 2.37 bits per heavy atom. The fourth-order valence-electron chi connectivity index (χ4n) is 2.24. The number of fused-ring (bicyclic) bond motifs is 1. The third-order valence-corrected chi connectivity index (χ3v) is 3.11. The topological polar surface area (TPSA) is 74.0 Å². The van der Waals surface area contributed by atoms with Crippen LogP contribution in [0.3, 0.4) is 0 Å². The van der Waals surface area contributed by atoms with E-state index in [2.05, 4.69) is 0 Å². The van der Waals surface area contributed by atoms with Crippen molar-refractivity contribution >= 4 is 22.5 Å². The number of carbonyl (C=O) groups is 1. The molecule has 0 spiro atoms. The largest absolute Gasteiger partial charge is 0.399 e. The minimum atomic E-state index is -0.451. The Morgan fingerprint density at radius 2 is 1.68 bits per heavy atom. The molecule has 1 heterocycles. The molecule has 0 aliphatic heterocycles. The number of nitrogens with zero attached hydrogens (tertiary/aromatic N) is 1. The normalized spacial score (nSPS) is 10.7. The predicted octanol–water partition coefficient (Wildman–Crippen LogP) is 2.31. The van der Waals surface area contributed by atoms with Gasteiger partial charge in [-0.25, -0.2) is 0 Å². The standard InChI is InChI=1S/C15H13N3O/c16-11-5-7-12(8-6-11)18-13-4-2-1-3-10(13)9-14(18)15(17)19/h1-9H,16H2,(H2,17,19). The number of benzene rings is 2. The van der Waals surface area contributed by atoms with Crippen LogP contribution in [0.5, 0.6) is 0 Å². The zero-order valence-corrected chi connectivity index (χ0v) is 10.2. The van der Waals surface area contributed by atoms with Gasteiger partial charge in [0, 0.05) is 16.8 Å². The first kappa shape index (κ1) is 11.3. The molecule has 4 nitrogen and oxygen atoms in total. The molecular weight excluding hydrogens is 238 g/mol. The van der Waals surface area contributed by atoms with Crippen molar-refractivity contribution in [2.45, 2.75) is 0 Å². The van der Waals surface area contributed by atoms with Gasteiger partial charge in [-0.15, -0.1) is 0 Å². The number of hydrogen-bond donors (Lipinski definition) is 2. The molecule has 4 N–H and O–H groups in total. The number of nitrogen functional groups attached to an aromatic ring is 1. The van der Waals surface area contributed by atoms with Gasteiger partial charge in [-0.05, 0) is 36.4 Å². The second-order valence-corrected chi connectivity index (χ2v) is 4.38. The van der Waals surface area contributed by atoms with Crippen LogP contribution in [0.25, 0.3) is 16.6 Å². The van der Waals surface area contributed by atoms with E-state index < -0.39 is 5.91 Å². The number of primary amides is 1. The van der Waals surface area contributed by atoms with Gasteiger partial charge in [0.2, 0.25) is 0 Å². The first-order valence-electron chi connectivity index (χ1n) is 5.93. The van der Waals surface area contributed by atoms with Crippen LogP contribution in [-0.2, 0) is 0 Å². The van der Waals surface area contributed by atoms with Crippen LogP contribution < -0.4 is 11.5 Å². The first-order chi connectivity index (χ1) is 9.16. The summed E-state index contributed by atoms with van der Waals surface area (Å²) < 4.78 is 1.84. The van der Waals surface area contributed by atoms with Crippen molar-refractivity contribution in [1.29, 1.82) is 0 Å². The second kappa shape index (κ2) is 4.17. The number of para-hydroxylation sites is 1. The summed E-state index contributed by atoms with van der Waals surface area (Å²) in [5.41, 5.74) is 14.1. The lowest BCUT2D eigenvalue weighted by Crippen LogP contribution is -2.15. The highest BCUT2D eigenvalue weighted by atomic mass is 16.1. The number of hydrogen-bond acceptors (Lipinski definition) is 2. The Balaban J connectivity index is 2.34. The summed E-state index contributed by atoms with van der Waals surface area (Å²) in [4.78, 5) is 11.6. The molecule has 2 aromatic carbocycles. The van der Waals surface area contributed by atoms with Gasteiger partial charge >= 0.3 is 0 Å². The quantitative estimate of drug-likeness (QED) is 0.686. The molecule has 1 amide bonds. The maximum atomic E-state index is 11.6. The Morgan fingerprint density at radius 1 is 1.00 bits per heavy atom. The number of aromatic nitrogens is 1. The maximum absolute atomic E-state index is 11.6. The summed E-state index contributed by atoms with van der Waals surface area (Å²) in [7, 11) is 0. The molecule has 0 radical (unpaired) electrons. The van der Waals surface area contributed by atoms with E-state index in [9.17, 15) is 4.79 Å². The van der Waals surface area contributed by atoms with E-state index in [1.807, 2.05) is 41.0 Å². The molecule has 1 aromatic heterocycles. The molecule has 94 valence electrons. The summed E-state index contributed by atoms with van der Waals surface area (Å²) in [6.45, 7) is 0. The molecule has 0 saturated carbocycles. The summed E-state index contributed by atoms with van der Waals surface area (Å²) in [5.74, 6) is -0.451. The number of nitrogens with two attached hydrogens (primary N) is 2. The van der Waals surface area contributed by atoms with E-state index in [1.54, 1.807) is 18.2 Å². The van der Waals surface area contributed by atoms with E-state index in [1.165, 1.54) is 0 Å². The Bertz CT molecular complexity index is 757. The van der Waals surface area contributed by atoms with Crippen molar-refractivity contribution in [3.8, 4) is 5.69 Å². The lowest BCUT2D eigenvalue weighted by Gasteiger charge is -2.09. The predicted molar refractivity (Wildman–Crippen MR) is 76.2 cm³/mol. The van der Waals surface area contributed by atoms with Crippen molar-refractivity contribution in [2.24, 2.45) is 5.73 Å². The Kier molecular flexibility index (Phi) is 2.49. The van der Waals surface area contributed by atoms with Crippen molar-refractivity contribution in [1.82, 2.24) is 4.57 Å². The summed E-state index contributed by atoms with van der Waals surface area (Å²) in [6.07, 6.45) is 0. The van der Waals surface area contributed by atoms with Gasteiger partial charge in [-0.1, -0.05) is 18.2 Å². The van der Waals surface area contributed by atoms with Gasteiger partial charge in [0.25, 0.3) is 5.91 Å². The molecule has 0 atom stereocenters. The summed E-state index contributed by atoms with van der Waals surface area (Å²) in [6, 6.07) is 16.9. The molecule has 3 rings (SSSR count). The SMILES string of the molecule is NC(=O)c1cc2ccccc2n1-c1ccc(N)cc1. The van der Waals surface area contributed by atoms with Crippen LogP contribution in [0, 0.1) is 0 Å². The van der Waals surface area contributed by atoms with E-state index in [4.69, 9.17) is 11.5 Å². The molecule has 0 bridgehead atoms. The second-order valence-electron chi connectivity index (χ2n) is 4.38. The Hall–Kier alpha value is -2.75. The van der Waals surface area contributed by atoms with E-state index >= 15 is 0 Å². The highest BCUT2D eigenvalue weighted by molar-refractivity contribution is 5.99. The number of rotatable bonds is 2. The van der Waals surface area contributed by atoms with Crippen LogP contribution in [0.4, 0.5) is 5.69 Å². The number of amides is 1.